The van der Waals surface area contributed by atoms with Gasteiger partial charge in [0.15, 0.2) is 0 Å². The van der Waals surface area contributed by atoms with Crippen LogP contribution in [0.1, 0.15) is 23.8 Å². The number of benzene rings is 1. The first-order chi connectivity index (χ1) is 13.0. The largest absolute Gasteiger partial charge is 0.490 e. The molecular weight excluding hydrogens is 353 g/mol. The molecule has 2 heterocycles. The molecule has 1 saturated heterocycles. The van der Waals surface area contributed by atoms with Gasteiger partial charge in [-0.1, -0.05) is 6.92 Å². The second-order valence-electron chi connectivity index (χ2n) is 6.69. The first-order valence-corrected chi connectivity index (χ1v) is 9.00. The predicted molar refractivity (Wildman–Crippen MR) is 96.1 cm³/mol. The highest BCUT2D eigenvalue weighted by atomic mass is 19.1. The van der Waals surface area contributed by atoms with Crippen LogP contribution in [-0.4, -0.2) is 64.2 Å². The Morgan fingerprint density at radius 3 is 2.89 bits per heavy atom. The molecule has 1 amide bonds. The molecule has 27 heavy (non-hydrogen) atoms. The minimum Gasteiger partial charge on any atom is -0.490 e. The van der Waals surface area contributed by atoms with Gasteiger partial charge in [-0.25, -0.2) is 4.39 Å². The molecule has 1 unspecified atom stereocenters. The fourth-order valence-electron chi connectivity index (χ4n) is 2.99. The Hall–Kier alpha value is -2.45. The van der Waals surface area contributed by atoms with E-state index < -0.39 is 5.60 Å². The molecule has 0 aliphatic carbocycles. The highest BCUT2D eigenvalue weighted by molar-refractivity contribution is 5.92. The normalized spacial score (nSPS) is 20.3. The van der Waals surface area contributed by atoms with Crippen LogP contribution < -0.4 is 4.74 Å². The van der Waals surface area contributed by atoms with Gasteiger partial charge in [0, 0.05) is 19.3 Å². The number of carbonyl (C=O) groups excluding carboxylic acids is 1. The molecule has 1 fully saturated rings. The molecule has 1 aromatic heterocycles. The number of β-amino-alcohol motifs (C(OH)–C–C–N with tert-alkyl or cyclic N) is 1. The second-order valence-corrected chi connectivity index (χ2v) is 6.69. The van der Waals surface area contributed by atoms with E-state index in [1.54, 1.807) is 21.8 Å². The molecule has 2 aromatic rings. The Morgan fingerprint density at radius 2 is 2.15 bits per heavy atom. The molecule has 0 bridgehead atoms. The Morgan fingerprint density at radius 1 is 1.37 bits per heavy atom. The molecule has 3 rings (SSSR count). The van der Waals surface area contributed by atoms with Crippen molar-refractivity contribution in [2.75, 3.05) is 32.9 Å². The lowest BCUT2D eigenvalue weighted by atomic mass is 10.1. The second kappa shape index (κ2) is 8.49. The lowest BCUT2D eigenvalue weighted by Crippen LogP contribution is -2.50. The van der Waals surface area contributed by atoms with Crippen molar-refractivity contribution in [1.82, 2.24) is 14.7 Å². The zero-order valence-electron chi connectivity index (χ0n) is 15.3. The van der Waals surface area contributed by atoms with E-state index in [2.05, 4.69) is 5.10 Å². The summed E-state index contributed by atoms with van der Waals surface area (Å²) in [5, 5.41) is 15.1. The van der Waals surface area contributed by atoms with Gasteiger partial charge in [0.1, 0.15) is 29.5 Å². The van der Waals surface area contributed by atoms with Crippen LogP contribution >= 0.6 is 0 Å². The third-order valence-electron chi connectivity index (χ3n) is 4.34. The van der Waals surface area contributed by atoms with Crippen LogP contribution in [-0.2, 0) is 11.3 Å². The summed E-state index contributed by atoms with van der Waals surface area (Å²) >= 11 is 0. The monoisotopic (exact) mass is 377 g/mol. The van der Waals surface area contributed by atoms with E-state index in [1.165, 1.54) is 24.3 Å². The molecule has 0 saturated carbocycles. The topological polar surface area (TPSA) is 76.8 Å². The number of aliphatic hydroxyl groups is 1. The maximum absolute atomic E-state index is 13.0. The third kappa shape index (κ3) is 4.84. The van der Waals surface area contributed by atoms with E-state index in [0.717, 1.165) is 6.42 Å². The first kappa shape index (κ1) is 19.3. The van der Waals surface area contributed by atoms with Crippen molar-refractivity contribution >= 4 is 5.91 Å². The van der Waals surface area contributed by atoms with Crippen LogP contribution in [0.3, 0.4) is 0 Å². The number of rotatable bonds is 6. The van der Waals surface area contributed by atoms with E-state index in [9.17, 15) is 14.3 Å². The summed E-state index contributed by atoms with van der Waals surface area (Å²) in [6.45, 7) is 3.41. The van der Waals surface area contributed by atoms with Gasteiger partial charge in [-0.2, -0.15) is 5.10 Å². The van der Waals surface area contributed by atoms with Crippen LogP contribution in [0, 0.1) is 5.82 Å². The third-order valence-corrected chi connectivity index (χ3v) is 4.34. The van der Waals surface area contributed by atoms with Crippen molar-refractivity contribution in [3.63, 3.8) is 0 Å². The first-order valence-electron chi connectivity index (χ1n) is 9.00. The minimum absolute atomic E-state index is 0.0478. The van der Waals surface area contributed by atoms with Crippen LogP contribution in [0.4, 0.5) is 4.39 Å². The van der Waals surface area contributed by atoms with Gasteiger partial charge >= 0.3 is 0 Å². The maximum Gasteiger partial charge on any atom is 0.272 e. The quantitative estimate of drug-likeness (QED) is 0.829. The number of hydrogen-bond acceptors (Lipinski definition) is 5. The fourth-order valence-corrected chi connectivity index (χ4v) is 2.99. The zero-order valence-corrected chi connectivity index (χ0v) is 15.3. The summed E-state index contributed by atoms with van der Waals surface area (Å²) in [5.41, 5.74) is -0.878. The number of aromatic nitrogens is 2. The summed E-state index contributed by atoms with van der Waals surface area (Å²) < 4.78 is 25.7. The van der Waals surface area contributed by atoms with Gasteiger partial charge in [0.05, 0.1) is 19.8 Å². The number of aryl methyl sites for hydroxylation is 1. The Balaban J connectivity index is 1.69. The summed E-state index contributed by atoms with van der Waals surface area (Å²) in [5.74, 6) is -0.126. The average molecular weight is 377 g/mol. The molecule has 7 nitrogen and oxygen atoms in total. The van der Waals surface area contributed by atoms with Crippen molar-refractivity contribution in [2.24, 2.45) is 0 Å². The molecule has 8 heteroatoms. The number of ether oxygens (including phenoxy) is 2. The van der Waals surface area contributed by atoms with E-state index in [-0.39, 0.29) is 31.5 Å². The summed E-state index contributed by atoms with van der Waals surface area (Å²) in [6, 6.07) is 7.23. The fraction of sp³-hybridized carbons (Fsp3) is 0.474. The lowest BCUT2D eigenvalue weighted by Gasteiger charge is -2.30. The van der Waals surface area contributed by atoms with Crippen molar-refractivity contribution in [3.8, 4) is 5.75 Å². The molecule has 1 aliphatic rings. The highest BCUT2D eigenvalue weighted by Crippen LogP contribution is 2.19. The minimum atomic E-state index is -1.36. The summed E-state index contributed by atoms with van der Waals surface area (Å²) in [7, 11) is 0. The number of halogens is 1. The number of hydrogen-bond donors (Lipinski definition) is 1. The molecular formula is C19H24FN3O4. The van der Waals surface area contributed by atoms with Crippen LogP contribution in [0.15, 0.2) is 36.5 Å². The van der Waals surface area contributed by atoms with Crippen molar-refractivity contribution < 1.29 is 23.8 Å². The van der Waals surface area contributed by atoms with E-state index in [1.807, 2.05) is 6.92 Å². The number of amides is 1. The Kier molecular flexibility index (Phi) is 6.08. The van der Waals surface area contributed by atoms with Crippen LogP contribution in [0.5, 0.6) is 5.75 Å². The van der Waals surface area contributed by atoms with Gasteiger partial charge in [-0.3, -0.25) is 9.48 Å². The molecule has 0 radical (unpaired) electrons. The van der Waals surface area contributed by atoms with Gasteiger partial charge in [-0.05, 0) is 36.8 Å². The van der Waals surface area contributed by atoms with Gasteiger partial charge in [-0.15, -0.1) is 0 Å². The average Bonchev–Trinajstić information content (AvgIpc) is 3.02. The van der Waals surface area contributed by atoms with Crippen LogP contribution in [0.2, 0.25) is 0 Å². The molecule has 1 atom stereocenters. The molecule has 146 valence electrons. The SMILES string of the molecule is CCCn1nccc1C(=O)N1CCOCC(O)(COc2ccc(F)cc2)C1. The maximum atomic E-state index is 13.0. The molecule has 1 aromatic carbocycles. The number of nitrogens with zero attached hydrogens (tertiary/aromatic N) is 3. The Labute approximate surface area is 157 Å². The van der Waals surface area contributed by atoms with Crippen molar-refractivity contribution in [2.45, 2.75) is 25.5 Å². The van der Waals surface area contributed by atoms with Crippen molar-refractivity contribution in [3.05, 3.63) is 48.0 Å². The smallest absolute Gasteiger partial charge is 0.272 e. The van der Waals surface area contributed by atoms with E-state index in [0.29, 0.717) is 31.1 Å². The van der Waals surface area contributed by atoms with Crippen LogP contribution in [0.25, 0.3) is 0 Å². The summed E-state index contributed by atoms with van der Waals surface area (Å²) in [6.07, 6.45) is 2.46. The number of carbonyl (C=O) groups is 1. The highest BCUT2D eigenvalue weighted by Gasteiger charge is 2.36. The van der Waals surface area contributed by atoms with E-state index in [4.69, 9.17) is 9.47 Å². The van der Waals surface area contributed by atoms with Gasteiger partial charge in [0.2, 0.25) is 0 Å². The van der Waals surface area contributed by atoms with E-state index >= 15 is 0 Å². The lowest BCUT2D eigenvalue weighted by molar-refractivity contribution is -0.0621. The predicted octanol–water partition coefficient (Wildman–Crippen LogP) is 1.71. The van der Waals surface area contributed by atoms with Gasteiger partial charge < -0.3 is 19.5 Å². The molecule has 1 N–H and O–H groups in total. The molecule has 1 aliphatic heterocycles. The Bertz CT molecular complexity index is 765. The summed E-state index contributed by atoms with van der Waals surface area (Å²) in [4.78, 5) is 14.5. The van der Waals surface area contributed by atoms with Crippen molar-refractivity contribution in [1.29, 1.82) is 0 Å². The standard InChI is InChI=1S/C19H24FN3O4/c1-2-9-23-17(7-8-21-23)18(24)22-10-11-26-13-19(25,12-22)14-27-16-5-3-15(20)4-6-16/h3-8,25H,2,9-14H2,1H3. The van der Waals surface area contributed by atoms with Gasteiger partial charge in [0.25, 0.3) is 5.91 Å². The molecule has 0 spiro atoms. The zero-order chi connectivity index (χ0) is 19.3.